The molecule has 1 fully saturated rings. The Bertz CT molecular complexity index is 1010. The van der Waals surface area contributed by atoms with Crippen molar-refractivity contribution in [3.05, 3.63) is 70.3 Å². The fourth-order valence-corrected chi connectivity index (χ4v) is 3.78. The number of ether oxygens (including phenoxy) is 1. The monoisotopic (exact) mass is 422 g/mol. The van der Waals surface area contributed by atoms with Gasteiger partial charge in [-0.3, -0.25) is 9.59 Å². The molecule has 0 spiro atoms. The summed E-state index contributed by atoms with van der Waals surface area (Å²) >= 11 is 0. The molecule has 0 aromatic heterocycles. The summed E-state index contributed by atoms with van der Waals surface area (Å²) in [6.07, 6.45) is 0. The molecule has 0 saturated carbocycles. The second kappa shape index (κ2) is 9.35. The van der Waals surface area contributed by atoms with Gasteiger partial charge in [0.05, 0.1) is 18.2 Å². The van der Waals surface area contributed by atoms with E-state index in [4.69, 9.17) is 4.74 Å². The minimum atomic E-state index is -0.659. The summed E-state index contributed by atoms with van der Waals surface area (Å²) in [6.45, 7) is 7.30. The van der Waals surface area contributed by atoms with Crippen LogP contribution in [0.5, 0.6) is 5.75 Å². The number of nitrogens with zero attached hydrogens (tertiary/aromatic N) is 2. The molecular formula is C25H30N2O4. The Morgan fingerprint density at radius 2 is 1.77 bits per heavy atom. The van der Waals surface area contributed by atoms with Crippen LogP contribution in [0.25, 0.3) is 5.76 Å². The molecule has 1 aliphatic rings. The lowest BCUT2D eigenvalue weighted by Gasteiger charge is -2.26. The average molecular weight is 423 g/mol. The van der Waals surface area contributed by atoms with Crippen LogP contribution >= 0.6 is 0 Å². The zero-order valence-electron chi connectivity index (χ0n) is 18.8. The maximum absolute atomic E-state index is 13.0. The van der Waals surface area contributed by atoms with Gasteiger partial charge in [0.1, 0.15) is 11.5 Å². The van der Waals surface area contributed by atoms with E-state index in [1.807, 2.05) is 64.0 Å². The van der Waals surface area contributed by atoms with E-state index in [2.05, 4.69) is 0 Å². The van der Waals surface area contributed by atoms with Crippen molar-refractivity contribution >= 4 is 17.4 Å². The van der Waals surface area contributed by atoms with Crippen molar-refractivity contribution in [1.82, 2.24) is 9.80 Å². The number of carbonyl (C=O) groups excluding carboxylic acids is 2. The number of likely N-dealkylation sites (N-methyl/N-ethyl adjacent to an activating group) is 1. The minimum Gasteiger partial charge on any atom is -0.507 e. The van der Waals surface area contributed by atoms with Crippen molar-refractivity contribution in [3.63, 3.8) is 0 Å². The molecule has 6 heteroatoms. The molecule has 1 amide bonds. The highest BCUT2D eigenvalue weighted by atomic mass is 16.5. The van der Waals surface area contributed by atoms with E-state index >= 15 is 0 Å². The van der Waals surface area contributed by atoms with Crippen LogP contribution in [0.1, 0.15) is 35.2 Å². The van der Waals surface area contributed by atoms with Gasteiger partial charge in [-0.1, -0.05) is 29.8 Å². The van der Waals surface area contributed by atoms with E-state index in [-0.39, 0.29) is 11.3 Å². The van der Waals surface area contributed by atoms with E-state index in [9.17, 15) is 14.7 Å². The number of carbonyl (C=O) groups is 2. The first-order valence-corrected chi connectivity index (χ1v) is 10.5. The van der Waals surface area contributed by atoms with Crippen molar-refractivity contribution in [1.29, 1.82) is 0 Å². The van der Waals surface area contributed by atoms with Crippen molar-refractivity contribution in [2.24, 2.45) is 0 Å². The Labute approximate surface area is 183 Å². The van der Waals surface area contributed by atoms with Crippen LogP contribution in [0.4, 0.5) is 0 Å². The average Bonchev–Trinajstić information content (AvgIpc) is 2.98. The number of hydrogen-bond acceptors (Lipinski definition) is 5. The number of hydrogen-bond donors (Lipinski definition) is 1. The van der Waals surface area contributed by atoms with Gasteiger partial charge in [0, 0.05) is 18.7 Å². The van der Waals surface area contributed by atoms with Crippen molar-refractivity contribution in [3.8, 4) is 5.75 Å². The number of ketones is 1. The van der Waals surface area contributed by atoms with Gasteiger partial charge >= 0.3 is 0 Å². The Morgan fingerprint density at radius 3 is 2.35 bits per heavy atom. The number of aliphatic hydroxyl groups is 1. The first kappa shape index (κ1) is 22.6. The van der Waals surface area contributed by atoms with Crippen LogP contribution in [0.3, 0.4) is 0 Å². The number of likely N-dealkylation sites (tertiary alicyclic amines) is 1. The number of benzene rings is 2. The van der Waals surface area contributed by atoms with Crippen molar-refractivity contribution < 1.29 is 19.4 Å². The van der Waals surface area contributed by atoms with Gasteiger partial charge in [-0.05, 0) is 64.2 Å². The molecule has 164 valence electrons. The van der Waals surface area contributed by atoms with Crippen molar-refractivity contribution in [2.75, 3.05) is 33.8 Å². The molecular weight excluding hydrogens is 392 g/mol. The first-order chi connectivity index (χ1) is 14.7. The van der Waals surface area contributed by atoms with Gasteiger partial charge in [0.15, 0.2) is 0 Å². The van der Waals surface area contributed by atoms with Crippen LogP contribution in [-0.2, 0) is 9.59 Å². The third-order valence-electron chi connectivity index (χ3n) is 5.47. The fraction of sp³-hybridized carbons (Fsp3) is 0.360. The molecule has 1 unspecified atom stereocenters. The molecule has 0 aliphatic carbocycles. The predicted octanol–water partition coefficient (Wildman–Crippen LogP) is 3.69. The highest BCUT2D eigenvalue weighted by molar-refractivity contribution is 6.46. The molecule has 1 atom stereocenters. The predicted molar refractivity (Wildman–Crippen MR) is 121 cm³/mol. The number of Topliss-reactive ketones (excluding diaryl/α,β-unsaturated/α-hetero) is 1. The number of aryl methyl sites for hydroxylation is 2. The van der Waals surface area contributed by atoms with Crippen molar-refractivity contribution in [2.45, 2.75) is 26.8 Å². The van der Waals surface area contributed by atoms with Gasteiger partial charge in [0.2, 0.25) is 0 Å². The largest absolute Gasteiger partial charge is 0.507 e. The Hall–Kier alpha value is -3.12. The summed E-state index contributed by atoms with van der Waals surface area (Å²) in [7, 11) is 3.83. The van der Waals surface area contributed by atoms with E-state index in [1.165, 1.54) is 0 Å². The highest BCUT2D eigenvalue weighted by Gasteiger charge is 2.45. The molecule has 6 nitrogen and oxygen atoms in total. The van der Waals surface area contributed by atoms with Gasteiger partial charge < -0.3 is 19.6 Å². The summed E-state index contributed by atoms with van der Waals surface area (Å²) in [6, 6.07) is 12.3. The van der Waals surface area contributed by atoms with Gasteiger partial charge in [-0.25, -0.2) is 0 Å². The Balaban J connectivity index is 2.12. The zero-order valence-corrected chi connectivity index (χ0v) is 18.8. The number of amides is 1. The standard InChI is InChI=1S/C25H30N2O4/c1-6-31-20-12-11-19(15-17(20)3)23(28)21-22(18-9-7-16(2)8-10-18)27(14-13-26(4)5)25(30)24(21)29/h7-12,15,22,28H,6,13-14H2,1-5H3. The number of aliphatic hydroxyl groups excluding tert-OH is 1. The minimum absolute atomic E-state index is 0.121. The summed E-state index contributed by atoms with van der Waals surface area (Å²) in [4.78, 5) is 29.5. The number of rotatable bonds is 7. The molecule has 3 rings (SSSR count). The smallest absolute Gasteiger partial charge is 0.295 e. The van der Waals surface area contributed by atoms with Crippen LogP contribution in [0.2, 0.25) is 0 Å². The summed E-state index contributed by atoms with van der Waals surface area (Å²) in [5, 5.41) is 11.2. The fourth-order valence-electron chi connectivity index (χ4n) is 3.78. The zero-order chi connectivity index (χ0) is 22.7. The van der Waals surface area contributed by atoms with Gasteiger partial charge in [-0.2, -0.15) is 0 Å². The highest BCUT2D eigenvalue weighted by Crippen LogP contribution is 2.39. The Morgan fingerprint density at radius 1 is 1.10 bits per heavy atom. The van der Waals surface area contributed by atoms with Gasteiger partial charge in [-0.15, -0.1) is 0 Å². The molecule has 1 heterocycles. The maximum atomic E-state index is 13.0. The summed E-state index contributed by atoms with van der Waals surface area (Å²) in [5.74, 6) is -0.687. The Kier molecular flexibility index (Phi) is 6.81. The van der Waals surface area contributed by atoms with E-state index in [1.54, 1.807) is 23.1 Å². The third-order valence-corrected chi connectivity index (χ3v) is 5.47. The lowest BCUT2D eigenvalue weighted by atomic mass is 9.94. The van der Waals surface area contributed by atoms with Crippen LogP contribution in [-0.4, -0.2) is 60.4 Å². The van der Waals surface area contributed by atoms with E-state index in [0.29, 0.717) is 25.3 Å². The van der Waals surface area contributed by atoms with Crippen LogP contribution in [0.15, 0.2) is 48.0 Å². The normalized spacial score (nSPS) is 18.1. The lowest BCUT2D eigenvalue weighted by Crippen LogP contribution is -2.35. The lowest BCUT2D eigenvalue weighted by molar-refractivity contribution is -0.140. The van der Waals surface area contributed by atoms with Crippen LogP contribution in [0, 0.1) is 13.8 Å². The van der Waals surface area contributed by atoms with E-state index < -0.39 is 17.7 Å². The first-order valence-electron chi connectivity index (χ1n) is 10.5. The van der Waals surface area contributed by atoms with Gasteiger partial charge in [0.25, 0.3) is 11.7 Å². The molecule has 1 aliphatic heterocycles. The molecule has 0 bridgehead atoms. The SMILES string of the molecule is CCOc1ccc(C(O)=C2C(=O)C(=O)N(CCN(C)C)C2c2ccc(C)cc2)cc1C. The molecule has 31 heavy (non-hydrogen) atoms. The summed E-state index contributed by atoms with van der Waals surface area (Å²) in [5.41, 5.74) is 3.34. The molecule has 0 radical (unpaired) electrons. The van der Waals surface area contributed by atoms with E-state index in [0.717, 1.165) is 22.4 Å². The topological polar surface area (TPSA) is 70.1 Å². The third kappa shape index (κ3) is 4.64. The second-order valence-electron chi connectivity index (χ2n) is 8.12. The quantitative estimate of drug-likeness (QED) is 0.419. The van der Waals surface area contributed by atoms with Crippen LogP contribution < -0.4 is 4.74 Å². The second-order valence-corrected chi connectivity index (χ2v) is 8.12. The molecule has 2 aromatic carbocycles. The molecule has 1 saturated heterocycles. The maximum Gasteiger partial charge on any atom is 0.295 e. The molecule has 1 N–H and O–H groups in total. The molecule has 2 aromatic rings. The summed E-state index contributed by atoms with van der Waals surface area (Å²) < 4.78 is 5.58.